The lowest BCUT2D eigenvalue weighted by Crippen LogP contribution is -2.61. The van der Waals surface area contributed by atoms with E-state index in [1.54, 1.807) is 6.92 Å². The molecule has 0 radical (unpaired) electrons. The van der Waals surface area contributed by atoms with Crippen molar-refractivity contribution in [3.63, 3.8) is 0 Å². The van der Waals surface area contributed by atoms with Crippen LogP contribution in [0.4, 0.5) is 0 Å². The maximum absolute atomic E-state index is 11.8. The molecule has 0 bridgehead atoms. The van der Waals surface area contributed by atoms with Gasteiger partial charge in [0.05, 0.1) is 0 Å². The molecule has 7 atom stereocenters. The topological polar surface area (TPSA) is 55.4 Å². The van der Waals surface area contributed by atoms with Crippen LogP contribution in [0.25, 0.3) is 0 Å². The number of amides is 1. The quantitative estimate of drug-likeness (QED) is 0.748. The highest BCUT2D eigenvalue weighted by atomic mass is 16.5. The first-order valence-electron chi connectivity index (χ1n) is 9.81. The minimum Gasteiger partial charge on any atom is -0.462 e. The summed E-state index contributed by atoms with van der Waals surface area (Å²) in [4.78, 5) is 23.3. The Morgan fingerprint density at radius 2 is 1.79 bits per heavy atom. The van der Waals surface area contributed by atoms with Crippen molar-refractivity contribution in [2.24, 2.45) is 28.6 Å². The summed E-state index contributed by atoms with van der Waals surface area (Å²) in [6.07, 6.45) is 8.79. The van der Waals surface area contributed by atoms with E-state index in [1.165, 1.54) is 19.3 Å². The molecule has 4 heteroatoms. The average Bonchev–Trinajstić information content (AvgIpc) is 2.84. The minimum atomic E-state index is -0.130. The Labute approximate surface area is 145 Å². The van der Waals surface area contributed by atoms with E-state index < -0.39 is 0 Å². The molecule has 0 aromatic rings. The highest BCUT2D eigenvalue weighted by Gasteiger charge is 2.61. The number of ether oxygens (including phenoxy) is 1. The van der Waals surface area contributed by atoms with Crippen molar-refractivity contribution in [1.82, 2.24) is 5.32 Å². The van der Waals surface area contributed by atoms with Gasteiger partial charge in [-0.15, -0.1) is 0 Å². The number of esters is 1. The fourth-order valence-corrected chi connectivity index (χ4v) is 7.05. The highest BCUT2D eigenvalue weighted by molar-refractivity contribution is 5.77. The van der Waals surface area contributed by atoms with E-state index in [0.29, 0.717) is 24.3 Å². The van der Waals surface area contributed by atoms with Crippen LogP contribution in [0.3, 0.4) is 0 Å². The summed E-state index contributed by atoms with van der Waals surface area (Å²) in [5.41, 5.74) is 0.422. The molecule has 0 aromatic carbocycles. The summed E-state index contributed by atoms with van der Waals surface area (Å²) in [6.45, 7) is 6.33. The van der Waals surface area contributed by atoms with E-state index in [9.17, 15) is 9.59 Å². The maximum atomic E-state index is 11.8. The number of carbonyl (C=O) groups excluding carboxylic acids is 2. The fourth-order valence-electron chi connectivity index (χ4n) is 7.05. The largest absolute Gasteiger partial charge is 0.462 e. The van der Waals surface area contributed by atoms with Crippen LogP contribution in [0, 0.1) is 28.6 Å². The molecule has 1 amide bonds. The summed E-state index contributed by atoms with van der Waals surface area (Å²) in [5, 5.41) is 3.29. The number of fused-ring (bicyclic) bond motifs is 5. The van der Waals surface area contributed by atoms with Gasteiger partial charge in [0.15, 0.2) is 0 Å². The lowest BCUT2D eigenvalue weighted by atomic mass is 9.47. The normalized spacial score (nSPS) is 50.3. The lowest BCUT2D eigenvalue weighted by molar-refractivity contribution is -0.160. The predicted octanol–water partition coefficient (Wildman–Crippen LogP) is 3.44. The lowest BCUT2D eigenvalue weighted by Gasteiger charge is -2.60. The van der Waals surface area contributed by atoms with Gasteiger partial charge in [-0.3, -0.25) is 9.59 Å². The van der Waals surface area contributed by atoms with E-state index in [2.05, 4.69) is 19.2 Å². The Morgan fingerprint density at radius 3 is 2.54 bits per heavy atom. The molecule has 3 aliphatic carbocycles. The second kappa shape index (κ2) is 5.47. The highest BCUT2D eigenvalue weighted by Crippen LogP contribution is 2.64. The monoisotopic (exact) mass is 333 g/mol. The molecule has 1 N–H and O–H groups in total. The van der Waals surface area contributed by atoms with Gasteiger partial charge in [-0.05, 0) is 68.1 Å². The van der Waals surface area contributed by atoms with E-state index in [0.717, 1.165) is 31.6 Å². The Hall–Kier alpha value is -1.06. The van der Waals surface area contributed by atoms with Crippen molar-refractivity contribution in [2.75, 3.05) is 0 Å². The van der Waals surface area contributed by atoms with Gasteiger partial charge in [-0.25, -0.2) is 0 Å². The summed E-state index contributed by atoms with van der Waals surface area (Å²) in [6, 6.07) is 0.370. The molecule has 1 aliphatic heterocycles. The van der Waals surface area contributed by atoms with Gasteiger partial charge in [0.25, 0.3) is 0 Å². The first-order valence-corrected chi connectivity index (χ1v) is 9.81. The van der Waals surface area contributed by atoms with Gasteiger partial charge in [0.2, 0.25) is 5.91 Å². The van der Waals surface area contributed by atoms with Gasteiger partial charge in [0, 0.05) is 24.8 Å². The van der Waals surface area contributed by atoms with Crippen molar-refractivity contribution >= 4 is 11.9 Å². The first kappa shape index (κ1) is 16.4. The molecule has 0 aromatic heterocycles. The summed E-state index contributed by atoms with van der Waals surface area (Å²) < 4.78 is 5.71. The zero-order valence-corrected chi connectivity index (χ0v) is 15.3. The predicted molar refractivity (Wildman–Crippen MR) is 91.1 cm³/mol. The van der Waals surface area contributed by atoms with Crippen LogP contribution >= 0.6 is 0 Å². The van der Waals surface area contributed by atoms with Crippen molar-refractivity contribution < 1.29 is 14.3 Å². The second-order valence-electron chi connectivity index (χ2n) is 9.30. The van der Waals surface area contributed by atoms with E-state index in [1.807, 2.05) is 0 Å². The molecule has 4 aliphatic rings. The Kier molecular flexibility index (Phi) is 3.74. The number of hydrogen-bond donors (Lipinski definition) is 1. The van der Waals surface area contributed by atoms with Gasteiger partial charge >= 0.3 is 5.97 Å². The molecular weight excluding hydrogens is 302 g/mol. The zero-order valence-electron chi connectivity index (χ0n) is 15.3. The maximum Gasteiger partial charge on any atom is 0.302 e. The van der Waals surface area contributed by atoms with Gasteiger partial charge in [0.1, 0.15) is 6.10 Å². The third-order valence-electron chi connectivity index (χ3n) is 8.32. The van der Waals surface area contributed by atoms with E-state index in [4.69, 9.17) is 4.74 Å². The van der Waals surface area contributed by atoms with Crippen molar-refractivity contribution in [3.05, 3.63) is 0 Å². The van der Waals surface area contributed by atoms with E-state index in [-0.39, 0.29) is 28.8 Å². The van der Waals surface area contributed by atoms with Gasteiger partial charge in [-0.2, -0.15) is 0 Å². The van der Waals surface area contributed by atoms with Crippen LogP contribution in [0.1, 0.15) is 72.1 Å². The molecule has 24 heavy (non-hydrogen) atoms. The van der Waals surface area contributed by atoms with Gasteiger partial charge < -0.3 is 10.1 Å². The van der Waals surface area contributed by atoms with Crippen LogP contribution in [0.15, 0.2) is 0 Å². The van der Waals surface area contributed by atoms with Crippen LogP contribution in [0.5, 0.6) is 0 Å². The smallest absolute Gasteiger partial charge is 0.302 e. The number of piperidine rings is 1. The molecule has 1 saturated heterocycles. The van der Waals surface area contributed by atoms with Crippen LogP contribution in [-0.2, 0) is 14.3 Å². The Balaban J connectivity index is 1.58. The summed E-state index contributed by atoms with van der Waals surface area (Å²) >= 11 is 0. The van der Waals surface area contributed by atoms with Crippen LogP contribution < -0.4 is 5.32 Å². The molecule has 4 rings (SSSR count). The SMILES string of the molecule is CC(=O)OC1CC[C@H]2[C@@H]3CCC4NC(=O)CC[C@]4(C)[C@@H]3CC[C@]12C. The molecule has 0 spiro atoms. The molecule has 4 nitrogen and oxygen atoms in total. The number of hydrogen-bond acceptors (Lipinski definition) is 3. The molecular formula is C20H31NO3. The Bertz CT molecular complexity index is 561. The second-order valence-corrected chi connectivity index (χ2v) is 9.30. The van der Waals surface area contributed by atoms with Crippen LogP contribution in [-0.4, -0.2) is 24.0 Å². The molecule has 134 valence electrons. The van der Waals surface area contributed by atoms with Crippen molar-refractivity contribution in [1.29, 1.82) is 0 Å². The fraction of sp³-hybridized carbons (Fsp3) is 0.900. The molecule has 4 fully saturated rings. The van der Waals surface area contributed by atoms with Gasteiger partial charge in [-0.1, -0.05) is 13.8 Å². The number of nitrogens with one attached hydrogen (secondary N) is 1. The summed E-state index contributed by atoms with van der Waals surface area (Å²) in [7, 11) is 0. The molecule has 1 heterocycles. The standard InChI is InChI=1S/C20H31NO3/c1-12(22)24-17-7-5-14-13-4-6-16-19(2,11-9-18(23)21-16)15(13)8-10-20(14,17)3/h13-17H,4-11H2,1-3H3,(H,21,23)/t13-,14-,15+,16?,17?,19+,20-/m0/s1. The van der Waals surface area contributed by atoms with Crippen molar-refractivity contribution in [3.8, 4) is 0 Å². The number of carbonyl (C=O) groups is 2. The minimum absolute atomic E-state index is 0.109. The Morgan fingerprint density at radius 1 is 1.04 bits per heavy atom. The van der Waals surface area contributed by atoms with Crippen molar-refractivity contribution in [2.45, 2.75) is 84.3 Å². The third kappa shape index (κ3) is 2.24. The summed E-state index contributed by atoms with van der Waals surface area (Å²) in [5.74, 6) is 2.24. The molecule has 2 unspecified atom stereocenters. The average molecular weight is 333 g/mol. The zero-order chi connectivity index (χ0) is 17.1. The number of rotatable bonds is 1. The first-order chi connectivity index (χ1) is 11.3. The third-order valence-corrected chi connectivity index (χ3v) is 8.32. The molecule has 3 saturated carbocycles. The van der Waals surface area contributed by atoms with Crippen LogP contribution in [0.2, 0.25) is 0 Å². The van der Waals surface area contributed by atoms with E-state index >= 15 is 0 Å².